The molecule has 126 valence electrons. The number of hydrogen-bond donors (Lipinski definition) is 3. The third-order valence-corrected chi connectivity index (χ3v) is 4.31. The van der Waals surface area contributed by atoms with Crippen molar-refractivity contribution in [1.29, 1.82) is 0 Å². The first kappa shape index (κ1) is 17.2. The van der Waals surface area contributed by atoms with E-state index in [-0.39, 0.29) is 17.6 Å². The van der Waals surface area contributed by atoms with E-state index >= 15 is 0 Å². The summed E-state index contributed by atoms with van der Waals surface area (Å²) in [5, 5.41) is 5.84. The molecule has 5 nitrogen and oxygen atoms in total. The number of carbonyl (C=O) groups excluding carboxylic acids is 2. The van der Waals surface area contributed by atoms with Crippen molar-refractivity contribution in [2.75, 3.05) is 18.4 Å². The van der Waals surface area contributed by atoms with Gasteiger partial charge in [-0.2, -0.15) is 0 Å². The normalized spacial score (nSPS) is 16.6. The second kappa shape index (κ2) is 8.50. The number of carbonyl (C=O) groups is 2. The molecular weight excluding hydrogens is 297 g/mol. The van der Waals surface area contributed by atoms with Crippen molar-refractivity contribution in [3.05, 3.63) is 30.1 Å². The summed E-state index contributed by atoms with van der Waals surface area (Å²) in [6.45, 7) is 0.875. The van der Waals surface area contributed by atoms with E-state index in [9.17, 15) is 14.0 Å². The van der Waals surface area contributed by atoms with Gasteiger partial charge in [-0.05, 0) is 43.0 Å². The van der Waals surface area contributed by atoms with Crippen molar-refractivity contribution in [3.63, 3.8) is 0 Å². The Bertz CT molecular complexity index is 527. The Morgan fingerprint density at radius 3 is 2.39 bits per heavy atom. The summed E-state index contributed by atoms with van der Waals surface area (Å²) < 4.78 is 12.8. The van der Waals surface area contributed by atoms with Crippen LogP contribution in [-0.2, 0) is 9.59 Å². The highest BCUT2D eigenvalue weighted by Gasteiger charge is 2.33. The van der Waals surface area contributed by atoms with E-state index in [4.69, 9.17) is 5.73 Å². The lowest BCUT2D eigenvalue weighted by atomic mass is 9.79. The second-order valence-corrected chi connectivity index (χ2v) is 6.00. The van der Waals surface area contributed by atoms with E-state index in [1.807, 2.05) is 0 Å². The first-order valence-corrected chi connectivity index (χ1v) is 8.14. The van der Waals surface area contributed by atoms with Crippen molar-refractivity contribution < 1.29 is 14.0 Å². The van der Waals surface area contributed by atoms with Gasteiger partial charge in [-0.25, -0.2) is 4.39 Å². The average molecular weight is 321 g/mol. The summed E-state index contributed by atoms with van der Waals surface area (Å²) in [6.07, 6.45) is 5.02. The predicted molar refractivity (Wildman–Crippen MR) is 87.2 cm³/mol. The monoisotopic (exact) mass is 321 g/mol. The maximum Gasteiger partial charge on any atom is 0.232 e. The minimum Gasteiger partial charge on any atom is -0.383 e. The molecule has 1 aliphatic carbocycles. The molecule has 0 heterocycles. The molecule has 2 rings (SSSR count). The summed E-state index contributed by atoms with van der Waals surface area (Å²) in [5.74, 6) is -1.79. The van der Waals surface area contributed by atoms with E-state index in [0.29, 0.717) is 13.1 Å². The van der Waals surface area contributed by atoms with E-state index < -0.39 is 11.8 Å². The smallest absolute Gasteiger partial charge is 0.232 e. The molecular formula is C17H24FN3O2. The van der Waals surface area contributed by atoms with Gasteiger partial charge in [-0.15, -0.1) is 0 Å². The van der Waals surface area contributed by atoms with Crippen LogP contribution in [0.3, 0.4) is 0 Å². The van der Waals surface area contributed by atoms with Crippen LogP contribution in [0.5, 0.6) is 0 Å². The average Bonchev–Trinajstić information content (AvgIpc) is 2.54. The van der Waals surface area contributed by atoms with Gasteiger partial charge in [0.1, 0.15) is 11.7 Å². The lowest BCUT2D eigenvalue weighted by Gasteiger charge is -2.27. The fraction of sp³-hybridized carbons (Fsp3) is 0.529. The minimum atomic E-state index is -0.735. The number of halogens is 1. The molecule has 2 amide bonds. The summed E-state index contributed by atoms with van der Waals surface area (Å²) in [4.78, 5) is 23.9. The van der Waals surface area contributed by atoms with Crippen LogP contribution >= 0.6 is 0 Å². The van der Waals surface area contributed by atoms with Gasteiger partial charge in [0.15, 0.2) is 0 Å². The lowest BCUT2D eigenvalue weighted by molar-refractivity contribution is -0.136. The van der Waals surface area contributed by atoms with Gasteiger partial charge in [0.25, 0.3) is 0 Å². The van der Waals surface area contributed by atoms with Gasteiger partial charge in [0, 0.05) is 18.8 Å². The first-order valence-electron chi connectivity index (χ1n) is 8.14. The molecule has 6 heteroatoms. The highest BCUT2D eigenvalue weighted by Crippen LogP contribution is 2.30. The van der Waals surface area contributed by atoms with Gasteiger partial charge in [0.05, 0.1) is 0 Å². The van der Waals surface area contributed by atoms with Crippen LogP contribution in [0, 0.1) is 17.7 Å². The van der Waals surface area contributed by atoms with Crippen molar-refractivity contribution in [2.45, 2.75) is 32.1 Å². The molecule has 1 unspecified atom stereocenters. The summed E-state index contributed by atoms with van der Waals surface area (Å²) in [7, 11) is 0. The van der Waals surface area contributed by atoms with E-state index in [0.717, 1.165) is 37.8 Å². The number of nitrogens with one attached hydrogen (secondary N) is 2. The number of hydrogen-bond acceptors (Lipinski definition) is 3. The fourth-order valence-electron chi connectivity index (χ4n) is 3.11. The maximum absolute atomic E-state index is 12.8. The number of rotatable bonds is 7. The van der Waals surface area contributed by atoms with Crippen LogP contribution < -0.4 is 16.4 Å². The number of nitrogens with two attached hydrogens (primary N) is 1. The van der Waals surface area contributed by atoms with Crippen molar-refractivity contribution in [1.82, 2.24) is 5.32 Å². The Balaban J connectivity index is 1.77. The fourth-order valence-corrected chi connectivity index (χ4v) is 3.11. The van der Waals surface area contributed by atoms with Crippen LogP contribution in [-0.4, -0.2) is 24.9 Å². The molecule has 4 N–H and O–H groups in total. The van der Waals surface area contributed by atoms with Gasteiger partial charge < -0.3 is 16.4 Å². The summed E-state index contributed by atoms with van der Waals surface area (Å²) in [6, 6.07) is 6.00. The molecule has 0 spiro atoms. The van der Waals surface area contributed by atoms with Crippen molar-refractivity contribution >= 4 is 17.5 Å². The van der Waals surface area contributed by atoms with Crippen molar-refractivity contribution in [3.8, 4) is 0 Å². The largest absolute Gasteiger partial charge is 0.383 e. The molecule has 1 fully saturated rings. The molecule has 0 bridgehead atoms. The van der Waals surface area contributed by atoms with Crippen molar-refractivity contribution in [2.24, 2.45) is 17.6 Å². The Kier molecular flexibility index (Phi) is 6.38. The van der Waals surface area contributed by atoms with E-state index in [1.165, 1.54) is 12.1 Å². The van der Waals surface area contributed by atoms with Crippen LogP contribution in [0.15, 0.2) is 24.3 Å². The zero-order valence-corrected chi connectivity index (χ0v) is 13.2. The SMILES string of the molecule is NC(=O)C(C(=O)NCCNc1ccc(F)cc1)C1CCCCC1. The summed E-state index contributed by atoms with van der Waals surface area (Å²) >= 11 is 0. The molecule has 1 atom stereocenters. The maximum atomic E-state index is 12.8. The Labute approximate surface area is 135 Å². The van der Waals surface area contributed by atoms with Crippen LogP contribution in [0.2, 0.25) is 0 Å². The second-order valence-electron chi connectivity index (χ2n) is 6.00. The zero-order valence-electron chi connectivity index (χ0n) is 13.2. The Morgan fingerprint density at radius 2 is 1.78 bits per heavy atom. The molecule has 1 saturated carbocycles. The van der Waals surface area contributed by atoms with Gasteiger partial charge in [0.2, 0.25) is 11.8 Å². The summed E-state index contributed by atoms with van der Waals surface area (Å²) in [5.41, 5.74) is 6.20. The molecule has 0 aliphatic heterocycles. The van der Waals surface area contributed by atoms with Crippen LogP contribution in [0.25, 0.3) is 0 Å². The Hall–Kier alpha value is -2.11. The zero-order chi connectivity index (χ0) is 16.7. The van der Waals surface area contributed by atoms with Gasteiger partial charge >= 0.3 is 0 Å². The predicted octanol–water partition coefficient (Wildman–Crippen LogP) is 2.04. The highest BCUT2D eigenvalue weighted by molar-refractivity contribution is 5.99. The molecule has 1 aromatic carbocycles. The minimum absolute atomic E-state index is 0.0614. The quantitative estimate of drug-likeness (QED) is 0.531. The first-order chi connectivity index (χ1) is 11.1. The molecule has 1 aliphatic rings. The van der Waals surface area contributed by atoms with Crippen LogP contribution in [0.1, 0.15) is 32.1 Å². The molecule has 0 saturated heterocycles. The van der Waals surface area contributed by atoms with Gasteiger partial charge in [-0.3, -0.25) is 9.59 Å². The van der Waals surface area contributed by atoms with Gasteiger partial charge in [-0.1, -0.05) is 19.3 Å². The third kappa shape index (κ3) is 5.23. The van der Waals surface area contributed by atoms with E-state index in [1.54, 1.807) is 12.1 Å². The molecule has 0 radical (unpaired) electrons. The standard InChI is InChI=1S/C17H24FN3O2/c18-13-6-8-14(9-7-13)20-10-11-21-17(23)15(16(19)22)12-4-2-1-3-5-12/h6-9,12,15,20H,1-5,10-11H2,(H2,19,22)(H,21,23). The van der Waals surface area contributed by atoms with E-state index in [2.05, 4.69) is 10.6 Å². The lowest BCUT2D eigenvalue weighted by Crippen LogP contribution is -2.44. The highest BCUT2D eigenvalue weighted by atomic mass is 19.1. The number of benzene rings is 1. The number of amides is 2. The third-order valence-electron chi connectivity index (χ3n) is 4.31. The topological polar surface area (TPSA) is 84.2 Å². The molecule has 1 aromatic rings. The molecule has 23 heavy (non-hydrogen) atoms. The Morgan fingerprint density at radius 1 is 1.13 bits per heavy atom. The van der Waals surface area contributed by atoms with Crippen LogP contribution in [0.4, 0.5) is 10.1 Å². The number of anilines is 1. The number of primary amides is 1. The molecule has 0 aromatic heterocycles.